The second-order valence-corrected chi connectivity index (χ2v) is 7.64. The Balaban J connectivity index is 1.88. The van der Waals surface area contributed by atoms with Gasteiger partial charge in [-0.1, -0.05) is 15.9 Å². The summed E-state index contributed by atoms with van der Waals surface area (Å²) in [5.74, 6) is 0. The van der Waals surface area contributed by atoms with Crippen LogP contribution in [-0.2, 0) is 6.54 Å². The van der Waals surface area contributed by atoms with E-state index in [0.717, 1.165) is 17.9 Å². The highest BCUT2D eigenvalue weighted by atomic mass is 79.9. The van der Waals surface area contributed by atoms with Crippen molar-refractivity contribution in [3.05, 3.63) is 20.8 Å². The maximum absolute atomic E-state index is 3.53. The van der Waals surface area contributed by atoms with Gasteiger partial charge in [-0.2, -0.15) is 0 Å². The van der Waals surface area contributed by atoms with Crippen LogP contribution in [0.25, 0.3) is 0 Å². The minimum Gasteiger partial charge on any atom is -0.295 e. The molecule has 2 rings (SSSR count). The molecule has 1 aromatic heterocycles. The Morgan fingerprint density at radius 3 is 3.00 bits per heavy atom. The van der Waals surface area contributed by atoms with Gasteiger partial charge < -0.3 is 0 Å². The molecule has 1 nitrogen and oxygen atoms in total. The lowest BCUT2D eigenvalue weighted by Gasteiger charge is -2.23. The van der Waals surface area contributed by atoms with Crippen LogP contribution in [-0.4, -0.2) is 22.8 Å². The highest BCUT2D eigenvalue weighted by Gasteiger charge is 2.24. The Morgan fingerprint density at radius 1 is 1.44 bits per heavy atom. The molecule has 1 unspecified atom stereocenters. The molecule has 0 saturated carbocycles. The van der Waals surface area contributed by atoms with E-state index in [4.69, 9.17) is 0 Å². The molecule has 0 spiro atoms. The topological polar surface area (TPSA) is 3.24 Å². The SMILES string of the molecule is BrCCCC1CCCN1Cc1ccc(Br)s1. The van der Waals surface area contributed by atoms with Crippen LogP contribution in [0.1, 0.15) is 30.6 Å². The summed E-state index contributed by atoms with van der Waals surface area (Å²) in [4.78, 5) is 4.14. The average Bonchev–Trinajstić information content (AvgIpc) is 2.86. The van der Waals surface area contributed by atoms with Crippen molar-refractivity contribution in [1.29, 1.82) is 0 Å². The fourth-order valence-corrected chi connectivity index (χ4v) is 4.21. The molecular formula is C12H17Br2NS. The molecule has 0 N–H and O–H groups in total. The molecule has 90 valence electrons. The molecular weight excluding hydrogens is 350 g/mol. The normalized spacial score (nSPS) is 21.8. The number of nitrogens with zero attached hydrogens (tertiary/aromatic N) is 1. The second kappa shape index (κ2) is 6.53. The third-order valence-corrected chi connectivity index (χ3v) is 5.33. The summed E-state index contributed by atoms with van der Waals surface area (Å²) in [6, 6.07) is 5.22. The molecule has 1 aromatic rings. The van der Waals surface area contributed by atoms with Gasteiger partial charge in [-0.25, -0.2) is 0 Å². The van der Waals surface area contributed by atoms with Crippen molar-refractivity contribution >= 4 is 43.2 Å². The van der Waals surface area contributed by atoms with E-state index >= 15 is 0 Å². The van der Waals surface area contributed by atoms with Crippen molar-refractivity contribution in [3.8, 4) is 0 Å². The van der Waals surface area contributed by atoms with Gasteiger partial charge in [-0.05, 0) is 60.3 Å². The van der Waals surface area contributed by atoms with Crippen LogP contribution in [0.2, 0.25) is 0 Å². The zero-order valence-corrected chi connectivity index (χ0v) is 13.3. The highest BCUT2D eigenvalue weighted by Crippen LogP contribution is 2.28. The molecule has 2 heterocycles. The van der Waals surface area contributed by atoms with Gasteiger partial charge in [0.1, 0.15) is 0 Å². The summed E-state index contributed by atoms with van der Waals surface area (Å²) in [5, 5.41) is 1.14. The molecule has 1 aliphatic rings. The predicted molar refractivity (Wildman–Crippen MR) is 78.5 cm³/mol. The van der Waals surface area contributed by atoms with E-state index in [0.29, 0.717) is 0 Å². The van der Waals surface area contributed by atoms with Gasteiger partial charge >= 0.3 is 0 Å². The van der Waals surface area contributed by atoms with Crippen LogP contribution < -0.4 is 0 Å². The Hall–Kier alpha value is 0.620. The molecule has 1 saturated heterocycles. The van der Waals surface area contributed by atoms with Crippen LogP contribution >= 0.6 is 43.2 Å². The first-order valence-corrected chi connectivity index (χ1v) is 8.57. The van der Waals surface area contributed by atoms with Crippen molar-refractivity contribution in [2.75, 3.05) is 11.9 Å². The second-order valence-electron chi connectivity index (χ2n) is 4.30. The van der Waals surface area contributed by atoms with Gasteiger partial charge in [-0.3, -0.25) is 4.90 Å². The Kier molecular flexibility index (Phi) is 5.33. The summed E-state index contributed by atoms with van der Waals surface area (Å²) in [5.41, 5.74) is 0. The fraction of sp³-hybridized carbons (Fsp3) is 0.667. The van der Waals surface area contributed by atoms with E-state index < -0.39 is 0 Å². The van der Waals surface area contributed by atoms with Gasteiger partial charge in [0, 0.05) is 22.8 Å². The minimum absolute atomic E-state index is 0.818. The Labute approximate surface area is 118 Å². The van der Waals surface area contributed by atoms with Gasteiger partial charge in [0.2, 0.25) is 0 Å². The first kappa shape index (κ1) is 13.1. The number of thiophene rings is 1. The first-order chi connectivity index (χ1) is 7.79. The number of alkyl halides is 1. The third-order valence-electron chi connectivity index (χ3n) is 3.16. The Morgan fingerprint density at radius 2 is 2.31 bits per heavy atom. The molecule has 0 radical (unpaired) electrons. The molecule has 16 heavy (non-hydrogen) atoms. The van der Waals surface area contributed by atoms with Crippen molar-refractivity contribution in [2.24, 2.45) is 0 Å². The first-order valence-electron chi connectivity index (χ1n) is 5.84. The maximum atomic E-state index is 3.53. The zero-order valence-electron chi connectivity index (χ0n) is 9.29. The number of hydrogen-bond acceptors (Lipinski definition) is 2. The molecule has 0 aromatic carbocycles. The Bertz CT molecular complexity index is 327. The van der Waals surface area contributed by atoms with E-state index in [1.54, 1.807) is 0 Å². The van der Waals surface area contributed by atoms with Crippen molar-refractivity contribution in [1.82, 2.24) is 4.90 Å². The lowest BCUT2D eigenvalue weighted by atomic mass is 10.1. The van der Waals surface area contributed by atoms with Crippen LogP contribution in [0.4, 0.5) is 0 Å². The average molecular weight is 367 g/mol. The van der Waals surface area contributed by atoms with E-state index in [1.807, 2.05) is 11.3 Å². The molecule has 0 amide bonds. The number of rotatable bonds is 5. The van der Waals surface area contributed by atoms with E-state index in [9.17, 15) is 0 Å². The smallest absolute Gasteiger partial charge is 0.0701 e. The van der Waals surface area contributed by atoms with Crippen LogP contribution in [0, 0.1) is 0 Å². The quantitative estimate of drug-likeness (QED) is 0.685. The van der Waals surface area contributed by atoms with Crippen LogP contribution in [0.3, 0.4) is 0 Å². The fourth-order valence-electron chi connectivity index (χ4n) is 2.38. The summed E-state index contributed by atoms with van der Waals surface area (Å²) in [6.07, 6.45) is 5.41. The number of hydrogen-bond donors (Lipinski definition) is 0. The summed E-state index contributed by atoms with van der Waals surface area (Å²) in [6.45, 7) is 2.42. The van der Waals surface area contributed by atoms with Gasteiger partial charge in [-0.15, -0.1) is 11.3 Å². The van der Waals surface area contributed by atoms with Crippen molar-refractivity contribution < 1.29 is 0 Å². The molecule has 4 heteroatoms. The molecule has 1 fully saturated rings. The third kappa shape index (κ3) is 3.56. The van der Waals surface area contributed by atoms with E-state index in [-0.39, 0.29) is 0 Å². The molecule has 1 atom stereocenters. The number of likely N-dealkylation sites (tertiary alicyclic amines) is 1. The lowest BCUT2D eigenvalue weighted by molar-refractivity contribution is 0.236. The van der Waals surface area contributed by atoms with Crippen LogP contribution in [0.5, 0.6) is 0 Å². The largest absolute Gasteiger partial charge is 0.295 e. The summed E-state index contributed by atoms with van der Waals surface area (Å²) >= 11 is 8.92. The van der Waals surface area contributed by atoms with Gasteiger partial charge in [0.15, 0.2) is 0 Å². The van der Waals surface area contributed by atoms with Crippen molar-refractivity contribution in [3.63, 3.8) is 0 Å². The monoisotopic (exact) mass is 365 g/mol. The standard InChI is InChI=1S/C12H17Br2NS/c13-7-1-3-10-4-2-8-15(10)9-11-5-6-12(14)16-11/h5-6,10H,1-4,7-9H2. The number of halogens is 2. The summed E-state index contributed by atoms with van der Waals surface area (Å²) in [7, 11) is 0. The minimum atomic E-state index is 0.818. The van der Waals surface area contributed by atoms with E-state index in [1.165, 1.54) is 40.9 Å². The summed E-state index contributed by atoms with van der Waals surface area (Å²) < 4.78 is 1.25. The van der Waals surface area contributed by atoms with Crippen molar-refractivity contribution in [2.45, 2.75) is 38.3 Å². The lowest BCUT2D eigenvalue weighted by Crippen LogP contribution is -2.28. The van der Waals surface area contributed by atoms with Crippen LogP contribution in [0.15, 0.2) is 15.9 Å². The zero-order chi connectivity index (χ0) is 11.4. The molecule has 1 aliphatic heterocycles. The maximum Gasteiger partial charge on any atom is 0.0701 e. The van der Waals surface area contributed by atoms with E-state index in [2.05, 4.69) is 48.9 Å². The van der Waals surface area contributed by atoms with Gasteiger partial charge in [0.05, 0.1) is 3.79 Å². The predicted octanol–water partition coefficient (Wildman–Crippen LogP) is 4.65. The van der Waals surface area contributed by atoms with Gasteiger partial charge in [0.25, 0.3) is 0 Å². The highest BCUT2D eigenvalue weighted by molar-refractivity contribution is 9.11. The molecule has 0 bridgehead atoms. The molecule has 0 aliphatic carbocycles.